The highest BCUT2D eigenvalue weighted by molar-refractivity contribution is 7.90. The minimum absolute atomic E-state index is 0.198. The Bertz CT molecular complexity index is 528. The molecule has 0 N–H and O–H groups in total. The number of carbonyl (C=O) groups excluding carboxylic acids is 1. The van der Waals surface area contributed by atoms with Crippen molar-refractivity contribution in [3.63, 3.8) is 0 Å². The summed E-state index contributed by atoms with van der Waals surface area (Å²) in [6.45, 7) is 3.11. The van der Waals surface area contributed by atoms with Crippen LogP contribution in [-0.2, 0) is 14.6 Å². The topological polar surface area (TPSA) is 57.7 Å². The molecule has 3 aliphatic rings. The summed E-state index contributed by atoms with van der Waals surface area (Å²) in [6, 6.07) is 0.467. The minimum Gasteiger partial charge on any atom is -0.339 e. The predicted octanol–water partition coefficient (Wildman–Crippen LogP) is 1.29. The van der Waals surface area contributed by atoms with Gasteiger partial charge in [0.1, 0.15) is 9.84 Å². The first-order valence-electron chi connectivity index (χ1n) is 8.61. The van der Waals surface area contributed by atoms with Gasteiger partial charge in [-0.2, -0.15) is 0 Å². The Kier molecular flexibility index (Phi) is 4.52. The maximum atomic E-state index is 13.1. The normalized spacial score (nSPS) is 31.5. The van der Waals surface area contributed by atoms with Crippen LogP contribution in [0.3, 0.4) is 0 Å². The van der Waals surface area contributed by atoms with Crippen molar-refractivity contribution in [2.24, 2.45) is 5.41 Å². The Morgan fingerprint density at radius 2 is 1.86 bits per heavy atom. The monoisotopic (exact) mass is 328 g/mol. The molecule has 1 amide bonds. The summed E-state index contributed by atoms with van der Waals surface area (Å²) in [5, 5.41) is 0. The summed E-state index contributed by atoms with van der Waals surface area (Å²) in [6.07, 6.45) is 9.10. The molecule has 2 saturated heterocycles. The molecule has 2 aliphatic heterocycles. The second kappa shape index (κ2) is 6.11. The Morgan fingerprint density at radius 1 is 1.14 bits per heavy atom. The first-order valence-corrected chi connectivity index (χ1v) is 10.7. The molecule has 1 saturated carbocycles. The Labute approximate surface area is 134 Å². The molecule has 0 aromatic carbocycles. The fourth-order valence-electron chi connectivity index (χ4n) is 4.49. The van der Waals surface area contributed by atoms with Crippen LogP contribution in [-0.4, -0.2) is 68.4 Å². The van der Waals surface area contributed by atoms with Gasteiger partial charge in [-0.1, -0.05) is 12.8 Å². The number of carbonyl (C=O) groups is 1. The molecule has 0 aromatic rings. The Hall–Kier alpha value is -0.620. The van der Waals surface area contributed by atoms with Gasteiger partial charge in [0.25, 0.3) is 0 Å². The number of amides is 1. The average Bonchev–Trinajstić information content (AvgIpc) is 3.10. The highest BCUT2D eigenvalue weighted by Crippen LogP contribution is 2.42. The van der Waals surface area contributed by atoms with Crippen LogP contribution < -0.4 is 0 Å². The van der Waals surface area contributed by atoms with Crippen LogP contribution in [0.15, 0.2) is 0 Å². The van der Waals surface area contributed by atoms with E-state index < -0.39 is 9.84 Å². The smallest absolute Gasteiger partial charge is 0.230 e. The van der Waals surface area contributed by atoms with Crippen molar-refractivity contribution in [3.8, 4) is 0 Å². The van der Waals surface area contributed by atoms with Crippen molar-refractivity contribution in [1.29, 1.82) is 0 Å². The van der Waals surface area contributed by atoms with E-state index in [2.05, 4.69) is 9.80 Å². The molecule has 6 heteroatoms. The summed E-state index contributed by atoms with van der Waals surface area (Å²) < 4.78 is 22.7. The summed E-state index contributed by atoms with van der Waals surface area (Å²) in [5.41, 5.74) is -0.224. The quantitative estimate of drug-likeness (QED) is 0.780. The molecule has 5 nitrogen and oxygen atoms in total. The van der Waals surface area contributed by atoms with Crippen molar-refractivity contribution >= 4 is 15.7 Å². The van der Waals surface area contributed by atoms with Crippen LogP contribution in [0.25, 0.3) is 0 Å². The van der Waals surface area contributed by atoms with Crippen molar-refractivity contribution in [1.82, 2.24) is 9.80 Å². The van der Waals surface area contributed by atoms with Gasteiger partial charge in [0.2, 0.25) is 5.91 Å². The average molecular weight is 328 g/mol. The first kappa shape index (κ1) is 16.2. The molecule has 1 unspecified atom stereocenters. The Balaban J connectivity index is 1.64. The maximum absolute atomic E-state index is 13.1. The molecule has 1 spiro atoms. The van der Waals surface area contributed by atoms with Gasteiger partial charge in [-0.3, -0.25) is 4.79 Å². The lowest BCUT2D eigenvalue weighted by molar-refractivity contribution is -0.148. The third kappa shape index (κ3) is 3.32. The summed E-state index contributed by atoms with van der Waals surface area (Å²) in [4.78, 5) is 17.4. The highest BCUT2D eigenvalue weighted by atomic mass is 32.2. The van der Waals surface area contributed by atoms with Gasteiger partial charge < -0.3 is 9.80 Å². The minimum atomic E-state index is -2.93. The van der Waals surface area contributed by atoms with E-state index in [1.54, 1.807) is 0 Å². The lowest BCUT2D eigenvalue weighted by atomic mass is 9.77. The van der Waals surface area contributed by atoms with Crippen LogP contribution in [0.2, 0.25) is 0 Å². The molecule has 0 bridgehead atoms. The zero-order chi connectivity index (χ0) is 15.8. The van der Waals surface area contributed by atoms with Gasteiger partial charge in [-0.15, -0.1) is 0 Å². The summed E-state index contributed by atoms with van der Waals surface area (Å²) >= 11 is 0. The number of nitrogens with zero attached hydrogens (tertiary/aromatic N) is 2. The van der Waals surface area contributed by atoms with Crippen molar-refractivity contribution < 1.29 is 13.2 Å². The molecule has 1 atom stereocenters. The van der Waals surface area contributed by atoms with Crippen LogP contribution in [0.1, 0.15) is 44.9 Å². The van der Waals surface area contributed by atoms with Crippen LogP contribution >= 0.6 is 0 Å². The van der Waals surface area contributed by atoms with Crippen molar-refractivity contribution in [3.05, 3.63) is 0 Å². The molecule has 1 aliphatic carbocycles. The largest absolute Gasteiger partial charge is 0.339 e. The third-order valence-electron chi connectivity index (χ3n) is 5.75. The van der Waals surface area contributed by atoms with Gasteiger partial charge in [-0.25, -0.2) is 8.42 Å². The third-order valence-corrected chi connectivity index (χ3v) is 6.67. The van der Waals surface area contributed by atoms with Crippen LogP contribution in [0, 0.1) is 5.41 Å². The molecule has 3 rings (SSSR count). The van der Waals surface area contributed by atoms with Gasteiger partial charge in [0, 0.05) is 31.9 Å². The fourth-order valence-corrected chi connectivity index (χ4v) is 5.08. The summed E-state index contributed by atoms with van der Waals surface area (Å²) in [7, 11) is -2.93. The van der Waals surface area contributed by atoms with E-state index in [-0.39, 0.29) is 11.2 Å². The molecule has 22 heavy (non-hydrogen) atoms. The van der Waals surface area contributed by atoms with Gasteiger partial charge in [0.15, 0.2) is 0 Å². The number of hydrogen-bond donors (Lipinski definition) is 0. The number of likely N-dealkylation sites (tertiary alicyclic amines) is 2. The number of rotatable bonds is 4. The maximum Gasteiger partial charge on any atom is 0.230 e. The van der Waals surface area contributed by atoms with Gasteiger partial charge in [0.05, 0.1) is 11.2 Å². The van der Waals surface area contributed by atoms with Gasteiger partial charge in [-0.05, 0) is 38.6 Å². The first-order chi connectivity index (χ1) is 10.4. The zero-order valence-electron chi connectivity index (χ0n) is 13.6. The molecule has 3 fully saturated rings. The second-order valence-electron chi connectivity index (χ2n) is 7.48. The van der Waals surface area contributed by atoms with E-state index >= 15 is 0 Å². The van der Waals surface area contributed by atoms with Gasteiger partial charge >= 0.3 is 0 Å². The molecule has 0 radical (unpaired) electrons. The van der Waals surface area contributed by atoms with Crippen LogP contribution in [0.5, 0.6) is 0 Å². The second-order valence-corrected chi connectivity index (χ2v) is 9.74. The van der Waals surface area contributed by atoms with Crippen molar-refractivity contribution in [2.75, 3.05) is 38.2 Å². The molecular weight excluding hydrogens is 300 g/mol. The number of piperidine rings is 1. The molecule has 0 aromatic heterocycles. The highest BCUT2D eigenvalue weighted by Gasteiger charge is 2.49. The summed E-state index contributed by atoms with van der Waals surface area (Å²) in [5.74, 6) is 0.552. The number of sulfone groups is 1. The fraction of sp³-hybridized carbons (Fsp3) is 0.938. The number of hydrogen-bond acceptors (Lipinski definition) is 4. The lowest BCUT2D eigenvalue weighted by Gasteiger charge is -2.42. The zero-order valence-corrected chi connectivity index (χ0v) is 14.4. The lowest BCUT2D eigenvalue weighted by Crippen LogP contribution is -2.53. The van der Waals surface area contributed by atoms with E-state index in [0.717, 1.165) is 38.9 Å². The van der Waals surface area contributed by atoms with Crippen molar-refractivity contribution in [2.45, 2.75) is 51.0 Å². The van der Waals surface area contributed by atoms with E-state index in [0.29, 0.717) is 18.5 Å². The van der Waals surface area contributed by atoms with E-state index in [9.17, 15) is 13.2 Å². The van der Waals surface area contributed by atoms with Crippen LogP contribution in [0.4, 0.5) is 0 Å². The molecule has 2 heterocycles. The standard InChI is InChI=1S/C16H28N2O3S/c1-22(20,21)12-11-17-10-8-16(13-17)7-4-9-18(15(16)19)14-5-2-3-6-14/h14H,2-13H2,1H3. The molecular formula is C16H28N2O3S. The van der Waals surface area contributed by atoms with E-state index in [1.165, 1.54) is 31.9 Å². The van der Waals surface area contributed by atoms with E-state index in [4.69, 9.17) is 0 Å². The predicted molar refractivity (Wildman–Crippen MR) is 86.4 cm³/mol. The Morgan fingerprint density at radius 3 is 2.55 bits per heavy atom. The SMILES string of the molecule is CS(=O)(=O)CCN1CCC2(CCCN(C3CCCC3)C2=O)C1. The van der Waals surface area contributed by atoms with E-state index in [1.807, 2.05) is 0 Å². The molecule has 126 valence electrons.